The van der Waals surface area contributed by atoms with Crippen molar-refractivity contribution in [1.82, 2.24) is 15.6 Å². The molecule has 1 aromatic heterocycles. The number of halogens is 2. The Balaban J connectivity index is 0.00000253. The molecular weight excluding hydrogens is 525 g/mol. The van der Waals surface area contributed by atoms with E-state index in [-0.39, 0.29) is 37.3 Å². The normalized spacial score (nSPS) is 11.1. The van der Waals surface area contributed by atoms with Crippen LogP contribution in [0.1, 0.15) is 22.8 Å². The predicted molar refractivity (Wildman–Crippen MR) is 155 cm³/mol. The fourth-order valence-corrected chi connectivity index (χ4v) is 3.80. The van der Waals surface area contributed by atoms with Crippen molar-refractivity contribution in [1.29, 1.82) is 0 Å². The topological polar surface area (TPSA) is 92.7 Å². The van der Waals surface area contributed by atoms with Crippen molar-refractivity contribution in [2.45, 2.75) is 19.4 Å². The summed E-state index contributed by atoms with van der Waals surface area (Å²) in [6, 6.07) is 24.7. The minimum absolute atomic E-state index is 0. The second-order valence-corrected chi connectivity index (χ2v) is 8.35. The number of fused-ring (bicyclic) bond motifs is 1. The molecule has 1 heterocycles. The second kappa shape index (κ2) is 15.8. The second-order valence-electron chi connectivity index (χ2n) is 8.35. The van der Waals surface area contributed by atoms with E-state index < -0.39 is 6.10 Å². The number of benzene rings is 3. The third kappa shape index (κ3) is 8.60. The van der Waals surface area contributed by atoms with Crippen LogP contribution < -0.4 is 20.1 Å². The molecule has 0 saturated heterocycles. The lowest BCUT2D eigenvalue weighted by Crippen LogP contribution is -2.32. The van der Waals surface area contributed by atoms with Crippen LogP contribution in [0.2, 0.25) is 0 Å². The fraction of sp³-hybridized carbons (Fsp3) is 0.241. The average molecular weight is 559 g/mol. The minimum atomic E-state index is -0.579. The van der Waals surface area contributed by atoms with E-state index >= 15 is 0 Å². The van der Waals surface area contributed by atoms with E-state index in [9.17, 15) is 9.90 Å². The Morgan fingerprint density at radius 1 is 0.947 bits per heavy atom. The lowest BCUT2D eigenvalue weighted by Gasteiger charge is -2.13. The van der Waals surface area contributed by atoms with Gasteiger partial charge in [0, 0.05) is 24.7 Å². The summed E-state index contributed by atoms with van der Waals surface area (Å²) < 4.78 is 11.7. The molecule has 0 fully saturated rings. The Kier molecular flexibility index (Phi) is 12.8. The molecule has 4 aromatic rings. The lowest BCUT2D eigenvalue weighted by atomic mass is 10.1. The van der Waals surface area contributed by atoms with E-state index in [4.69, 9.17) is 9.47 Å². The SMILES string of the molecule is CCNC(=O)c1cccc2c(Oc3ccc(CCNC[C@H](O)COc4ccccc4)cc3)ccnc12.Cl.Cl. The number of carbonyl (C=O) groups excluding carboxylic acids is 1. The summed E-state index contributed by atoms with van der Waals surface area (Å²) in [5.41, 5.74) is 2.29. The minimum Gasteiger partial charge on any atom is -0.491 e. The van der Waals surface area contributed by atoms with Gasteiger partial charge in [0.15, 0.2) is 0 Å². The standard InChI is InChI=1S/C29H31N3O4.2ClH/c1-2-31-29(34)26-10-6-9-25-27(16-18-32-28(25)26)36-24-13-11-21(12-14-24)15-17-30-19-22(33)20-35-23-7-4-3-5-8-23;;/h3-14,16,18,22,30,33H,2,15,17,19-20H2,1H3,(H,31,34);2*1H/t22-;;/m0../s1. The first-order valence-electron chi connectivity index (χ1n) is 12.1. The van der Waals surface area contributed by atoms with Crippen molar-refractivity contribution in [3.05, 3.63) is 96.2 Å². The summed E-state index contributed by atoms with van der Waals surface area (Å²) in [6.07, 6.45) is 1.89. The number of para-hydroxylation sites is 2. The number of ether oxygens (including phenoxy) is 2. The maximum atomic E-state index is 12.4. The maximum Gasteiger partial charge on any atom is 0.253 e. The van der Waals surface area contributed by atoms with E-state index in [1.807, 2.05) is 73.7 Å². The van der Waals surface area contributed by atoms with Gasteiger partial charge in [0.05, 0.1) is 11.1 Å². The van der Waals surface area contributed by atoms with E-state index in [0.717, 1.165) is 29.7 Å². The van der Waals surface area contributed by atoms with Crippen LogP contribution in [0, 0.1) is 0 Å². The van der Waals surface area contributed by atoms with Gasteiger partial charge in [0.1, 0.15) is 30.0 Å². The zero-order valence-electron chi connectivity index (χ0n) is 21.1. The van der Waals surface area contributed by atoms with E-state index in [0.29, 0.717) is 35.7 Å². The number of aliphatic hydroxyl groups excluding tert-OH is 1. The molecule has 202 valence electrons. The summed E-state index contributed by atoms with van der Waals surface area (Å²) >= 11 is 0. The first kappa shape index (κ1) is 30.9. The number of hydrogen-bond acceptors (Lipinski definition) is 6. The average Bonchev–Trinajstić information content (AvgIpc) is 2.91. The number of nitrogens with zero attached hydrogens (tertiary/aromatic N) is 1. The zero-order valence-corrected chi connectivity index (χ0v) is 22.8. The summed E-state index contributed by atoms with van der Waals surface area (Å²) in [5, 5.41) is 17.0. The van der Waals surface area contributed by atoms with Gasteiger partial charge in [-0.15, -0.1) is 24.8 Å². The van der Waals surface area contributed by atoms with Gasteiger partial charge >= 0.3 is 0 Å². The molecule has 1 amide bonds. The van der Waals surface area contributed by atoms with Crippen molar-refractivity contribution >= 4 is 41.6 Å². The van der Waals surface area contributed by atoms with Crippen molar-refractivity contribution in [2.75, 3.05) is 26.2 Å². The highest BCUT2D eigenvalue weighted by Crippen LogP contribution is 2.30. The van der Waals surface area contributed by atoms with Crippen LogP contribution in [0.25, 0.3) is 10.9 Å². The molecule has 0 aliphatic rings. The number of aromatic nitrogens is 1. The highest BCUT2D eigenvalue weighted by Gasteiger charge is 2.13. The predicted octanol–water partition coefficient (Wildman–Crippen LogP) is 5.19. The quantitative estimate of drug-likeness (QED) is 0.207. The Morgan fingerprint density at radius 2 is 1.71 bits per heavy atom. The smallest absolute Gasteiger partial charge is 0.253 e. The molecule has 0 spiro atoms. The fourth-order valence-electron chi connectivity index (χ4n) is 3.80. The molecular formula is C29H33Cl2N3O4. The van der Waals surface area contributed by atoms with Gasteiger partial charge in [0.25, 0.3) is 5.91 Å². The van der Waals surface area contributed by atoms with Gasteiger partial charge in [-0.05, 0) is 67.9 Å². The number of aliphatic hydroxyl groups is 1. The summed E-state index contributed by atoms with van der Waals surface area (Å²) in [7, 11) is 0. The Hall–Kier alpha value is -3.36. The highest BCUT2D eigenvalue weighted by molar-refractivity contribution is 6.06. The van der Waals surface area contributed by atoms with Gasteiger partial charge in [-0.2, -0.15) is 0 Å². The molecule has 0 saturated carbocycles. The van der Waals surface area contributed by atoms with Crippen LogP contribution in [0.15, 0.2) is 85.1 Å². The number of rotatable bonds is 12. The zero-order chi connectivity index (χ0) is 25.2. The molecule has 1 atom stereocenters. The maximum absolute atomic E-state index is 12.4. The number of amides is 1. The van der Waals surface area contributed by atoms with E-state index in [1.54, 1.807) is 18.3 Å². The van der Waals surface area contributed by atoms with Crippen LogP contribution in [-0.4, -0.2) is 48.3 Å². The van der Waals surface area contributed by atoms with Gasteiger partial charge < -0.3 is 25.2 Å². The van der Waals surface area contributed by atoms with Crippen LogP contribution in [0.5, 0.6) is 17.2 Å². The van der Waals surface area contributed by atoms with E-state index in [1.165, 1.54) is 0 Å². The van der Waals surface area contributed by atoms with Gasteiger partial charge in [-0.3, -0.25) is 9.78 Å². The lowest BCUT2D eigenvalue weighted by molar-refractivity contribution is 0.0957. The monoisotopic (exact) mass is 557 g/mol. The van der Waals surface area contributed by atoms with Gasteiger partial charge in [-0.1, -0.05) is 36.4 Å². The van der Waals surface area contributed by atoms with Crippen LogP contribution in [-0.2, 0) is 6.42 Å². The third-order valence-corrected chi connectivity index (χ3v) is 5.62. The molecule has 0 radical (unpaired) electrons. The van der Waals surface area contributed by atoms with Crippen molar-refractivity contribution in [3.63, 3.8) is 0 Å². The highest BCUT2D eigenvalue weighted by atomic mass is 35.5. The summed E-state index contributed by atoms with van der Waals surface area (Å²) in [5.74, 6) is 1.95. The summed E-state index contributed by atoms with van der Waals surface area (Å²) in [6.45, 7) is 3.88. The third-order valence-electron chi connectivity index (χ3n) is 5.62. The molecule has 0 unspecified atom stereocenters. The van der Waals surface area contributed by atoms with Crippen LogP contribution in [0.3, 0.4) is 0 Å². The number of pyridine rings is 1. The Labute approximate surface area is 235 Å². The van der Waals surface area contributed by atoms with Gasteiger partial charge in [-0.25, -0.2) is 0 Å². The van der Waals surface area contributed by atoms with Crippen LogP contribution in [0.4, 0.5) is 0 Å². The van der Waals surface area contributed by atoms with E-state index in [2.05, 4.69) is 15.6 Å². The summed E-state index contributed by atoms with van der Waals surface area (Å²) in [4.78, 5) is 16.8. The molecule has 0 aliphatic carbocycles. The molecule has 7 nitrogen and oxygen atoms in total. The van der Waals surface area contributed by atoms with Crippen molar-refractivity contribution in [2.24, 2.45) is 0 Å². The molecule has 0 aliphatic heterocycles. The first-order chi connectivity index (χ1) is 17.6. The molecule has 38 heavy (non-hydrogen) atoms. The van der Waals surface area contributed by atoms with Crippen molar-refractivity contribution in [3.8, 4) is 17.2 Å². The molecule has 0 bridgehead atoms. The number of hydrogen-bond donors (Lipinski definition) is 3. The van der Waals surface area contributed by atoms with Gasteiger partial charge in [0.2, 0.25) is 0 Å². The Morgan fingerprint density at radius 3 is 2.45 bits per heavy atom. The molecule has 3 N–H and O–H groups in total. The van der Waals surface area contributed by atoms with Crippen LogP contribution >= 0.6 is 24.8 Å². The molecule has 3 aromatic carbocycles. The molecule has 4 rings (SSSR count). The largest absolute Gasteiger partial charge is 0.491 e. The van der Waals surface area contributed by atoms with Crippen molar-refractivity contribution < 1.29 is 19.4 Å². The number of carbonyl (C=O) groups is 1. The Bertz CT molecular complexity index is 1270. The molecule has 9 heteroatoms. The number of nitrogens with one attached hydrogen (secondary N) is 2. The first-order valence-corrected chi connectivity index (χ1v) is 12.1.